The molecule has 3 rings (SSSR count). The predicted molar refractivity (Wildman–Crippen MR) is 135 cm³/mol. The Bertz CT molecular complexity index is 1160. The Morgan fingerprint density at radius 1 is 1.06 bits per heavy atom. The minimum absolute atomic E-state index is 0.0703. The standard InChI is InChI=1S/C24H25N3O3S2/c1-14(26-27-23(31)25-18-11-7-16(8-12-18)22(29)30)19-13-32-21(20(19)28)15-5-9-17(10-6-15)24(2,3)4/h5-13,28H,1-4H3,(H,29,30)(H2,25,27,31)/b26-14-. The van der Waals surface area contributed by atoms with Crippen LogP contribution in [0, 0.1) is 0 Å². The second kappa shape index (κ2) is 9.50. The first-order chi connectivity index (χ1) is 15.1. The molecule has 0 unspecified atom stereocenters. The molecule has 0 aliphatic rings. The van der Waals surface area contributed by atoms with E-state index in [-0.39, 0.29) is 21.8 Å². The molecule has 1 aromatic heterocycles. The van der Waals surface area contributed by atoms with Crippen LogP contribution in [0.1, 0.15) is 49.2 Å². The molecule has 4 N–H and O–H groups in total. The highest BCUT2D eigenvalue weighted by atomic mass is 32.1. The zero-order valence-electron chi connectivity index (χ0n) is 18.3. The zero-order valence-corrected chi connectivity index (χ0v) is 19.9. The van der Waals surface area contributed by atoms with E-state index in [0.29, 0.717) is 17.0 Å². The van der Waals surface area contributed by atoms with Crippen molar-refractivity contribution in [1.29, 1.82) is 0 Å². The Balaban J connectivity index is 1.68. The second-order valence-corrected chi connectivity index (χ2v) is 9.59. The fourth-order valence-corrected chi connectivity index (χ4v) is 4.16. The number of hydrogen-bond donors (Lipinski definition) is 4. The van der Waals surface area contributed by atoms with E-state index in [1.54, 1.807) is 19.1 Å². The van der Waals surface area contributed by atoms with E-state index in [4.69, 9.17) is 17.3 Å². The smallest absolute Gasteiger partial charge is 0.335 e. The number of aromatic hydroxyl groups is 1. The van der Waals surface area contributed by atoms with E-state index in [0.717, 1.165) is 10.4 Å². The fourth-order valence-electron chi connectivity index (χ4n) is 2.98. The van der Waals surface area contributed by atoms with Gasteiger partial charge < -0.3 is 15.5 Å². The first-order valence-corrected chi connectivity index (χ1v) is 11.2. The molecule has 0 saturated carbocycles. The SMILES string of the molecule is C/C(=N/NC(=S)Nc1ccc(C(=O)O)cc1)c1csc(-c2ccc(C(C)(C)C)cc2)c1O. The van der Waals surface area contributed by atoms with Gasteiger partial charge in [0.2, 0.25) is 0 Å². The highest BCUT2D eigenvalue weighted by molar-refractivity contribution is 7.80. The van der Waals surface area contributed by atoms with Crippen molar-refractivity contribution in [3.8, 4) is 16.2 Å². The van der Waals surface area contributed by atoms with E-state index < -0.39 is 5.97 Å². The van der Waals surface area contributed by atoms with Crippen molar-refractivity contribution in [1.82, 2.24) is 5.43 Å². The van der Waals surface area contributed by atoms with Crippen LogP contribution in [0.2, 0.25) is 0 Å². The molecule has 2 aromatic carbocycles. The minimum atomic E-state index is -0.988. The van der Waals surface area contributed by atoms with Gasteiger partial charge in [-0.15, -0.1) is 11.3 Å². The monoisotopic (exact) mass is 467 g/mol. The highest BCUT2D eigenvalue weighted by Crippen LogP contribution is 2.39. The summed E-state index contributed by atoms with van der Waals surface area (Å²) in [6.45, 7) is 8.28. The quantitative estimate of drug-likeness (QED) is 0.214. The van der Waals surface area contributed by atoms with Crippen LogP contribution >= 0.6 is 23.6 Å². The van der Waals surface area contributed by atoms with Gasteiger partial charge in [0.1, 0.15) is 5.75 Å². The number of nitrogens with one attached hydrogen (secondary N) is 2. The number of rotatable bonds is 5. The summed E-state index contributed by atoms with van der Waals surface area (Å²) in [7, 11) is 0. The van der Waals surface area contributed by atoms with Gasteiger partial charge in [-0.1, -0.05) is 45.0 Å². The second-order valence-electron chi connectivity index (χ2n) is 8.30. The largest absolute Gasteiger partial charge is 0.506 e. The van der Waals surface area contributed by atoms with Crippen LogP contribution in [-0.2, 0) is 5.41 Å². The van der Waals surface area contributed by atoms with Crippen molar-refractivity contribution in [2.24, 2.45) is 5.10 Å². The first-order valence-electron chi connectivity index (χ1n) is 9.92. The summed E-state index contributed by atoms with van der Waals surface area (Å²) in [4.78, 5) is 11.7. The summed E-state index contributed by atoms with van der Waals surface area (Å²) in [5.74, 6) is -0.803. The lowest BCUT2D eigenvalue weighted by atomic mass is 9.86. The molecule has 0 atom stereocenters. The molecule has 32 heavy (non-hydrogen) atoms. The molecule has 0 radical (unpaired) electrons. The van der Waals surface area contributed by atoms with E-state index in [1.807, 2.05) is 17.5 Å². The molecule has 6 nitrogen and oxygen atoms in total. The molecule has 1 heterocycles. The summed E-state index contributed by atoms with van der Waals surface area (Å²) < 4.78 is 0. The molecule has 0 amide bonds. The van der Waals surface area contributed by atoms with Crippen LogP contribution in [0.15, 0.2) is 59.0 Å². The summed E-state index contributed by atoms with van der Waals surface area (Å²) in [5.41, 5.74) is 7.06. The number of thiophene rings is 1. The lowest BCUT2D eigenvalue weighted by Gasteiger charge is -2.19. The number of hydrazone groups is 1. The lowest BCUT2D eigenvalue weighted by Crippen LogP contribution is -2.24. The van der Waals surface area contributed by atoms with Crippen molar-refractivity contribution in [2.45, 2.75) is 33.1 Å². The third-order valence-corrected chi connectivity index (χ3v) is 6.09. The van der Waals surface area contributed by atoms with Crippen LogP contribution in [0.4, 0.5) is 5.69 Å². The number of benzene rings is 2. The average molecular weight is 468 g/mol. The highest BCUT2D eigenvalue weighted by Gasteiger charge is 2.17. The molecule has 0 bridgehead atoms. The number of thiocarbonyl (C=S) groups is 1. The van der Waals surface area contributed by atoms with Gasteiger partial charge in [-0.25, -0.2) is 4.79 Å². The third kappa shape index (κ3) is 5.52. The Morgan fingerprint density at radius 3 is 2.25 bits per heavy atom. The Morgan fingerprint density at radius 2 is 1.69 bits per heavy atom. The Labute approximate surface area is 196 Å². The number of aromatic carboxylic acids is 1. The van der Waals surface area contributed by atoms with Crippen LogP contribution in [0.5, 0.6) is 5.75 Å². The molecule has 8 heteroatoms. The first kappa shape index (κ1) is 23.4. The maximum Gasteiger partial charge on any atom is 0.335 e. The van der Waals surface area contributed by atoms with Gasteiger partial charge in [-0.05, 0) is 59.9 Å². The molecule has 0 spiro atoms. The molecule has 0 saturated heterocycles. The normalized spacial score (nSPS) is 11.8. The fraction of sp³-hybridized carbons (Fsp3) is 0.208. The topological polar surface area (TPSA) is 94.0 Å². The van der Waals surface area contributed by atoms with E-state index in [9.17, 15) is 9.90 Å². The van der Waals surface area contributed by atoms with E-state index in [1.165, 1.54) is 29.0 Å². The van der Waals surface area contributed by atoms with Crippen molar-refractivity contribution < 1.29 is 15.0 Å². The minimum Gasteiger partial charge on any atom is -0.506 e. The van der Waals surface area contributed by atoms with Crippen LogP contribution in [0.25, 0.3) is 10.4 Å². The number of carbonyl (C=O) groups is 1. The van der Waals surface area contributed by atoms with Gasteiger partial charge in [-0.3, -0.25) is 5.43 Å². The van der Waals surface area contributed by atoms with Gasteiger partial charge >= 0.3 is 5.97 Å². The molecule has 0 fully saturated rings. The van der Waals surface area contributed by atoms with Crippen LogP contribution in [-0.4, -0.2) is 27.0 Å². The lowest BCUT2D eigenvalue weighted by molar-refractivity contribution is 0.0697. The maximum atomic E-state index is 10.9. The molecule has 3 aromatic rings. The molecule has 0 aliphatic heterocycles. The van der Waals surface area contributed by atoms with Crippen LogP contribution in [0.3, 0.4) is 0 Å². The average Bonchev–Trinajstić information content (AvgIpc) is 3.13. The van der Waals surface area contributed by atoms with E-state index in [2.05, 4.69) is 48.7 Å². The summed E-state index contributed by atoms with van der Waals surface area (Å²) >= 11 is 6.70. The number of carboxylic acid groups (broad SMARTS) is 1. The molecular formula is C24H25N3O3S2. The van der Waals surface area contributed by atoms with Crippen molar-refractivity contribution in [3.63, 3.8) is 0 Å². The summed E-state index contributed by atoms with van der Waals surface area (Å²) in [6.07, 6.45) is 0. The van der Waals surface area contributed by atoms with Crippen molar-refractivity contribution >= 4 is 46.0 Å². The van der Waals surface area contributed by atoms with Crippen LogP contribution < -0.4 is 10.7 Å². The summed E-state index contributed by atoms with van der Waals surface area (Å²) in [6, 6.07) is 14.4. The Hall–Kier alpha value is -3.23. The van der Waals surface area contributed by atoms with Gasteiger partial charge in [-0.2, -0.15) is 5.10 Å². The maximum absolute atomic E-state index is 10.9. The molecule has 166 valence electrons. The number of anilines is 1. The number of nitrogens with zero attached hydrogens (tertiary/aromatic N) is 1. The van der Waals surface area contributed by atoms with Gasteiger partial charge in [0.25, 0.3) is 0 Å². The third-order valence-electron chi connectivity index (χ3n) is 4.88. The Kier molecular flexibility index (Phi) is 6.96. The number of hydrogen-bond acceptors (Lipinski definition) is 5. The molecular weight excluding hydrogens is 442 g/mol. The van der Waals surface area contributed by atoms with Crippen molar-refractivity contribution in [2.75, 3.05) is 5.32 Å². The molecule has 0 aliphatic carbocycles. The van der Waals surface area contributed by atoms with E-state index >= 15 is 0 Å². The predicted octanol–water partition coefficient (Wildman–Crippen LogP) is 5.83. The van der Waals surface area contributed by atoms with Crippen molar-refractivity contribution in [3.05, 3.63) is 70.6 Å². The number of carboxylic acids is 1. The zero-order chi connectivity index (χ0) is 23.5. The van der Waals surface area contributed by atoms with Gasteiger partial charge in [0, 0.05) is 11.1 Å². The summed E-state index contributed by atoms with van der Waals surface area (Å²) in [5, 5.41) is 29.0. The van der Waals surface area contributed by atoms with Gasteiger partial charge in [0.05, 0.1) is 21.7 Å². The van der Waals surface area contributed by atoms with Gasteiger partial charge in [0.15, 0.2) is 5.11 Å².